The van der Waals surface area contributed by atoms with E-state index in [1.54, 1.807) is 23.3 Å². The molecule has 3 heterocycles. The lowest BCUT2D eigenvalue weighted by molar-refractivity contribution is 0.0928. The summed E-state index contributed by atoms with van der Waals surface area (Å²) in [5, 5.41) is 3.06. The number of aryl methyl sites for hydroxylation is 1. The third kappa shape index (κ3) is 3.64. The Hall–Kier alpha value is -2.64. The van der Waals surface area contributed by atoms with Gasteiger partial charge in [-0.1, -0.05) is 0 Å². The molecule has 1 saturated heterocycles. The number of anilines is 2. The Balaban J connectivity index is 1.66. The molecular weight excluding hydrogens is 306 g/mol. The molecule has 8 nitrogen and oxygen atoms in total. The topological polar surface area (TPSA) is 79.2 Å². The summed E-state index contributed by atoms with van der Waals surface area (Å²) >= 11 is 0. The monoisotopic (exact) mass is 329 g/mol. The van der Waals surface area contributed by atoms with Gasteiger partial charge in [-0.25, -0.2) is 9.97 Å². The maximum atomic E-state index is 12.3. The molecule has 24 heavy (non-hydrogen) atoms. The fraction of sp³-hybridized carbons (Fsp3) is 0.500. The Bertz CT molecular complexity index is 712. The number of nitrogens with one attached hydrogen (secondary N) is 1. The van der Waals surface area contributed by atoms with Crippen LogP contribution in [0, 0.1) is 0 Å². The second-order valence-electron chi connectivity index (χ2n) is 6.29. The van der Waals surface area contributed by atoms with Crippen molar-refractivity contribution in [3.8, 4) is 0 Å². The molecular formula is C16H23N7O. The molecule has 0 spiro atoms. The zero-order chi connectivity index (χ0) is 17.1. The van der Waals surface area contributed by atoms with Crippen molar-refractivity contribution in [1.82, 2.24) is 24.8 Å². The molecule has 0 radical (unpaired) electrons. The second-order valence-corrected chi connectivity index (χ2v) is 6.29. The smallest absolute Gasteiger partial charge is 0.271 e. The highest BCUT2D eigenvalue weighted by molar-refractivity contribution is 5.92. The normalized spacial score (nSPS) is 17.6. The lowest BCUT2D eigenvalue weighted by Gasteiger charge is -2.33. The van der Waals surface area contributed by atoms with Gasteiger partial charge in [0.25, 0.3) is 5.91 Å². The van der Waals surface area contributed by atoms with Crippen molar-refractivity contribution in [2.24, 2.45) is 7.05 Å². The first-order valence-corrected chi connectivity index (χ1v) is 8.07. The summed E-state index contributed by atoms with van der Waals surface area (Å²) in [5.41, 5.74) is 0.445. The van der Waals surface area contributed by atoms with E-state index < -0.39 is 0 Å². The maximum absolute atomic E-state index is 12.3. The van der Waals surface area contributed by atoms with Crippen LogP contribution in [0.5, 0.6) is 0 Å². The minimum absolute atomic E-state index is 0.0693. The Kier molecular flexibility index (Phi) is 4.64. The molecule has 0 saturated carbocycles. The first-order valence-electron chi connectivity index (χ1n) is 8.07. The zero-order valence-corrected chi connectivity index (χ0v) is 14.3. The van der Waals surface area contributed by atoms with Gasteiger partial charge >= 0.3 is 0 Å². The van der Waals surface area contributed by atoms with Crippen molar-refractivity contribution in [2.75, 3.05) is 37.0 Å². The van der Waals surface area contributed by atoms with E-state index in [-0.39, 0.29) is 11.9 Å². The Labute approximate surface area is 141 Å². The van der Waals surface area contributed by atoms with Gasteiger partial charge in [0.1, 0.15) is 11.5 Å². The molecule has 3 rings (SSSR count). The largest absolute Gasteiger partial charge is 0.363 e. The highest BCUT2D eigenvalue weighted by Crippen LogP contribution is 2.18. The molecule has 1 fully saturated rings. The van der Waals surface area contributed by atoms with E-state index in [4.69, 9.17) is 0 Å². The summed E-state index contributed by atoms with van der Waals surface area (Å²) in [6.45, 7) is 1.60. The number of carbonyl (C=O) groups is 1. The second kappa shape index (κ2) is 6.86. The van der Waals surface area contributed by atoms with Crippen LogP contribution >= 0.6 is 0 Å². The van der Waals surface area contributed by atoms with E-state index in [1.165, 1.54) is 0 Å². The fourth-order valence-corrected chi connectivity index (χ4v) is 2.81. The van der Waals surface area contributed by atoms with Crippen molar-refractivity contribution < 1.29 is 4.79 Å². The van der Waals surface area contributed by atoms with Crippen molar-refractivity contribution in [3.63, 3.8) is 0 Å². The SMILES string of the molecule is CN(C)c1ccnc(N2CCCC(NC(=O)c3cn(C)cn3)C2)n1. The summed E-state index contributed by atoms with van der Waals surface area (Å²) in [5.74, 6) is 1.45. The number of amides is 1. The summed E-state index contributed by atoms with van der Waals surface area (Å²) in [6, 6.07) is 1.95. The van der Waals surface area contributed by atoms with Gasteiger partial charge in [0, 0.05) is 52.7 Å². The Morgan fingerprint density at radius 3 is 2.92 bits per heavy atom. The van der Waals surface area contributed by atoms with Gasteiger partial charge in [-0.15, -0.1) is 0 Å². The van der Waals surface area contributed by atoms with Crippen LogP contribution in [0.25, 0.3) is 0 Å². The third-order valence-electron chi connectivity index (χ3n) is 4.06. The van der Waals surface area contributed by atoms with Crippen LogP contribution in [-0.4, -0.2) is 58.7 Å². The van der Waals surface area contributed by atoms with E-state index in [2.05, 4.69) is 25.2 Å². The molecule has 128 valence electrons. The first-order chi connectivity index (χ1) is 11.5. The Morgan fingerprint density at radius 2 is 2.21 bits per heavy atom. The number of carbonyl (C=O) groups excluding carboxylic acids is 1. The number of hydrogen-bond donors (Lipinski definition) is 1. The highest BCUT2D eigenvalue weighted by atomic mass is 16.2. The number of piperidine rings is 1. The summed E-state index contributed by atoms with van der Waals surface area (Å²) in [4.78, 5) is 29.4. The molecule has 8 heteroatoms. The third-order valence-corrected chi connectivity index (χ3v) is 4.06. The molecule has 0 bridgehead atoms. The number of aromatic nitrogens is 4. The average molecular weight is 329 g/mol. The van der Waals surface area contributed by atoms with Gasteiger partial charge in [-0.3, -0.25) is 4.79 Å². The lowest BCUT2D eigenvalue weighted by atomic mass is 10.1. The zero-order valence-electron chi connectivity index (χ0n) is 14.3. The average Bonchev–Trinajstić information content (AvgIpc) is 3.02. The molecule has 1 atom stereocenters. The predicted molar refractivity (Wildman–Crippen MR) is 92.3 cm³/mol. The number of hydrogen-bond acceptors (Lipinski definition) is 6. The Morgan fingerprint density at radius 1 is 1.38 bits per heavy atom. The van der Waals surface area contributed by atoms with Gasteiger partial charge in [0.05, 0.1) is 6.33 Å². The van der Waals surface area contributed by atoms with Gasteiger partial charge in [0.2, 0.25) is 5.95 Å². The molecule has 0 aromatic carbocycles. The molecule has 1 amide bonds. The first kappa shape index (κ1) is 16.2. The van der Waals surface area contributed by atoms with Crippen molar-refractivity contribution in [2.45, 2.75) is 18.9 Å². The fourth-order valence-electron chi connectivity index (χ4n) is 2.81. The van der Waals surface area contributed by atoms with Crippen LogP contribution in [0.15, 0.2) is 24.8 Å². The van der Waals surface area contributed by atoms with E-state index in [0.29, 0.717) is 18.2 Å². The molecule has 1 N–H and O–H groups in total. The summed E-state index contributed by atoms with van der Waals surface area (Å²) < 4.78 is 1.77. The van der Waals surface area contributed by atoms with Crippen LogP contribution in [0.2, 0.25) is 0 Å². The van der Waals surface area contributed by atoms with E-state index in [0.717, 1.165) is 25.2 Å². The minimum atomic E-state index is -0.134. The molecule has 2 aromatic heterocycles. The van der Waals surface area contributed by atoms with E-state index >= 15 is 0 Å². The standard InChI is InChI=1S/C16H23N7O/c1-21(2)14-6-7-17-16(20-14)23-8-4-5-12(9-23)19-15(24)13-10-22(3)11-18-13/h6-7,10-12H,4-5,8-9H2,1-3H3,(H,19,24). The maximum Gasteiger partial charge on any atom is 0.271 e. The summed E-state index contributed by atoms with van der Waals surface area (Å²) in [6.07, 6.45) is 7.06. The van der Waals surface area contributed by atoms with Gasteiger partial charge in [0.15, 0.2) is 0 Å². The molecule has 1 aliphatic rings. The van der Waals surface area contributed by atoms with Gasteiger partial charge in [-0.2, -0.15) is 4.98 Å². The summed E-state index contributed by atoms with van der Waals surface area (Å²) in [7, 11) is 5.76. The minimum Gasteiger partial charge on any atom is -0.363 e. The molecule has 0 aliphatic carbocycles. The molecule has 2 aromatic rings. The van der Waals surface area contributed by atoms with Gasteiger partial charge < -0.3 is 19.7 Å². The number of imidazole rings is 1. The van der Waals surface area contributed by atoms with Crippen LogP contribution in [0.1, 0.15) is 23.3 Å². The van der Waals surface area contributed by atoms with Crippen molar-refractivity contribution in [3.05, 3.63) is 30.5 Å². The van der Waals surface area contributed by atoms with Gasteiger partial charge in [-0.05, 0) is 18.9 Å². The molecule has 1 aliphatic heterocycles. The number of rotatable bonds is 4. The van der Waals surface area contributed by atoms with Crippen LogP contribution in [0.4, 0.5) is 11.8 Å². The van der Waals surface area contributed by atoms with E-state index in [9.17, 15) is 4.79 Å². The molecule has 1 unspecified atom stereocenters. The van der Waals surface area contributed by atoms with Crippen LogP contribution < -0.4 is 15.1 Å². The van der Waals surface area contributed by atoms with Crippen LogP contribution in [0.3, 0.4) is 0 Å². The highest BCUT2D eigenvalue weighted by Gasteiger charge is 2.24. The quantitative estimate of drug-likeness (QED) is 0.888. The van der Waals surface area contributed by atoms with Crippen molar-refractivity contribution in [1.29, 1.82) is 0 Å². The number of nitrogens with zero attached hydrogens (tertiary/aromatic N) is 6. The lowest BCUT2D eigenvalue weighted by Crippen LogP contribution is -2.48. The van der Waals surface area contributed by atoms with Crippen LogP contribution in [-0.2, 0) is 7.05 Å². The van der Waals surface area contributed by atoms with Crippen molar-refractivity contribution >= 4 is 17.7 Å². The predicted octanol–water partition coefficient (Wildman–Crippen LogP) is 0.675. The van der Waals surface area contributed by atoms with E-state index in [1.807, 2.05) is 32.1 Å².